The highest BCUT2D eigenvalue weighted by atomic mass is 16.5. The molecule has 1 fully saturated rings. The number of rotatable bonds is 6. The maximum absolute atomic E-state index is 9.15. The highest BCUT2D eigenvalue weighted by Gasteiger charge is 2.23. The minimum atomic E-state index is -0.368. The van der Waals surface area contributed by atoms with Gasteiger partial charge in [-0.25, -0.2) is 0 Å². The highest BCUT2D eigenvalue weighted by Crippen LogP contribution is 2.13. The first-order chi connectivity index (χ1) is 8.09. The van der Waals surface area contributed by atoms with E-state index in [0.717, 1.165) is 45.6 Å². The van der Waals surface area contributed by atoms with E-state index < -0.39 is 0 Å². The van der Waals surface area contributed by atoms with Crippen LogP contribution in [-0.4, -0.2) is 49.3 Å². The molecule has 0 saturated carbocycles. The second kappa shape index (κ2) is 6.95. The number of hydrogen-bond acceptors (Lipinski definition) is 4. The molecule has 1 rings (SSSR count). The molecular formula is C13H25N3O. The van der Waals surface area contributed by atoms with Crippen LogP contribution in [0.3, 0.4) is 0 Å². The molecule has 0 aromatic rings. The lowest BCUT2D eigenvalue weighted by Gasteiger charge is -2.32. The van der Waals surface area contributed by atoms with E-state index in [9.17, 15) is 0 Å². The second-order valence-electron chi connectivity index (χ2n) is 5.06. The van der Waals surface area contributed by atoms with Crippen molar-refractivity contribution in [1.82, 2.24) is 10.2 Å². The number of nitriles is 1. The first-order valence-electron chi connectivity index (χ1n) is 6.60. The Kier molecular flexibility index (Phi) is 5.90. The third-order valence-corrected chi connectivity index (χ3v) is 3.29. The first-order valence-corrected chi connectivity index (χ1v) is 6.60. The molecule has 17 heavy (non-hydrogen) atoms. The normalized spacial score (nSPS) is 25.2. The summed E-state index contributed by atoms with van der Waals surface area (Å²) in [5.41, 5.74) is -0.368. The fourth-order valence-corrected chi connectivity index (χ4v) is 2.32. The minimum Gasteiger partial charge on any atom is -0.376 e. The lowest BCUT2D eigenvalue weighted by molar-refractivity contribution is -0.0188. The van der Waals surface area contributed by atoms with Gasteiger partial charge in [-0.05, 0) is 39.8 Å². The van der Waals surface area contributed by atoms with Gasteiger partial charge in [0.1, 0.15) is 5.54 Å². The van der Waals surface area contributed by atoms with Gasteiger partial charge in [0.2, 0.25) is 0 Å². The van der Waals surface area contributed by atoms with Crippen molar-refractivity contribution in [3.63, 3.8) is 0 Å². The molecule has 0 aromatic carbocycles. The molecule has 4 nitrogen and oxygen atoms in total. The van der Waals surface area contributed by atoms with Gasteiger partial charge in [-0.2, -0.15) is 5.26 Å². The predicted octanol–water partition coefficient (Wildman–Crippen LogP) is 1.38. The quantitative estimate of drug-likeness (QED) is 0.761. The molecule has 0 radical (unpaired) electrons. The number of nitrogens with one attached hydrogen (secondary N) is 1. The van der Waals surface area contributed by atoms with Crippen LogP contribution in [0.15, 0.2) is 0 Å². The van der Waals surface area contributed by atoms with Gasteiger partial charge in [-0.15, -0.1) is 0 Å². The zero-order valence-electron chi connectivity index (χ0n) is 11.3. The first kappa shape index (κ1) is 14.4. The van der Waals surface area contributed by atoms with E-state index in [1.54, 1.807) is 0 Å². The van der Waals surface area contributed by atoms with Crippen LogP contribution in [0, 0.1) is 11.3 Å². The van der Waals surface area contributed by atoms with Crippen LogP contribution in [0.4, 0.5) is 0 Å². The fourth-order valence-electron chi connectivity index (χ4n) is 2.32. The summed E-state index contributed by atoms with van der Waals surface area (Å²) in [5.74, 6) is 0. The van der Waals surface area contributed by atoms with Crippen molar-refractivity contribution in [2.45, 2.75) is 45.3 Å². The van der Waals surface area contributed by atoms with Crippen molar-refractivity contribution in [2.75, 3.05) is 32.8 Å². The summed E-state index contributed by atoms with van der Waals surface area (Å²) in [5, 5.41) is 12.4. The maximum atomic E-state index is 9.15. The number of hydrogen-bond donors (Lipinski definition) is 1. The van der Waals surface area contributed by atoms with Crippen LogP contribution in [0.5, 0.6) is 0 Å². The fraction of sp³-hybridized carbons (Fsp3) is 0.923. The molecule has 1 heterocycles. The van der Waals surface area contributed by atoms with Crippen LogP contribution in [0.25, 0.3) is 0 Å². The molecule has 0 aromatic heterocycles. The summed E-state index contributed by atoms with van der Waals surface area (Å²) in [7, 11) is 0. The molecule has 0 amide bonds. The Bertz CT molecular complexity index is 264. The molecule has 1 aliphatic heterocycles. The van der Waals surface area contributed by atoms with E-state index in [4.69, 9.17) is 10.00 Å². The molecule has 0 spiro atoms. The summed E-state index contributed by atoms with van der Waals surface area (Å²) in [6, 6.07) is 2.37. The van der Waals surface area contributed by atoms with Gasteiger partial charge in [0, 0.05) is 13.1 Å². The third kappa shape index (κ3) is 5.03. The standard InChI is InChI=1S/C13H25N3O/c1-4-15-13(3,11-14)6-5-7-16-8-9-17-12(2)10-16/h12,15H,4-10H2,1-3H3. The van der Waals surface area contributed by atoms with Crippen molar-refractivity contribution in [1.29, 1.82) is 5.26 Å². The molecular weight excluding hydrogens is 214 g/mol. The molecule has 1 N–H and O–H groups in total. The van der Waals surface area contributed by atoms with Gasteiger partial charge < -0.3 is 4.74 Å². The molecule has 2 unspecified atom stereocenters. The Hall–Kier alpha value is -0.630. The Morgan fingerprint density at radius 3 is 2.94 bits per heavy atom. The zero-order chi connectivity index (χ0) is 12.7. The molecule has 2 atom stereocenters. The maximum Gasteiger partial charge on any atom is 0.103 e. The van der Waals surface area contributed by atoms with Crippen molar-refractivity contribution in [3.8, 4) is 6.07 Å². The minimum absolute atomic E-state index is 0.347. The summed E-state index contributed by atoms with van der Waals surface area (Å²) in [4.78, 5) is 2.43. The van der Waals surface area contributed by atoms with Crippen molar-refractivity contribution >= 4 is 0 Å². The third-order valence-electron chi connectivity index (χ3n) is 3.29. The summed E-state index contributed by atoms with van der Waals surface area (Å²) < 4.78 is 5.51. The summed E-state index contributed by atoms with van der Waals surface area (Å²) in [6.45, 7) is 10.9. The van der Waals surface area contributed by atoms with Crippen LogP contribution >= 0.6 is 0 Å². The topological polar surface area (TPSA) is 48.3 Å². The van der Waals surface area contributed by atoms with E-state index in [2.05, 4.69) is 23.2 Å². The summed E-state index contributed by atoms with van der Waals surface area (Å²) >= 11 is 0. The SMILES string of the molecule is CCNC(C)(C#N)CCCN1CCOC(C)C1. The van der Waals surface area contributed by atoms with Gasteiger partial charge >= 0.3 is 0 Å². The lowest BCUT2D eigenvalue weighted by Crippen LogP contribution is -2.44. The zero-order valence-corrected chi connectivity index (χ0v) is 11.3. The van der Waals surface area contributed by atoms with Crippen molar-refractivity contribution in [2.24, 2.45) is 0 Å². The Morgan fingerprint density at radius 1 is 1.59 bits per heavy atom. The van der Waals surface area contributed by atoms with Crippen LogP contribution < -0.4 is 5.32 Å². The van der Waals surface area contributed by atoms with Gasteiger partial charge in [-0.1, -0.05) is 6.92 Å². The molecule has 1 aliphatic rings. The lowest BCUT2D eigenvalue weighted by atomic mass is 9.97. The Labute approximate surface area is 105 Å². The number of ether oxygens (including phenoxy) is 1. The van der Waals surface area contributed by atoms with Crippen molar-refractivity contribution < 1.29 is 4.74 Å². The number of nitrogens with zero attached hydrogens (tertiary/aromatic N) is 2. The van der Waals surface area contributed by atoms with Crippen LogP contribution in [0.2, 0.25) is 0 Å². The van der Waals surface area contributed by atoms with Gasteiger partial charge in [-0.3, -0.25) is 10.2 Å². The molecule has 4 heteroatoms. The van der Waals surface area contributed by atoms with Crippen LogP contribution in [0.1, 0.15) is 33.6 Å². The monoisotopic (exact) mass is 239 g/mol. The Balaban J connectivity index is 2.24. The number of morpholine rings is 1. The van der Waals surface area contributed by atoms with E-state index in [-0.39, 0.29) is 5.54 Å². The van der Waals surface area contributed by atoms with Gasteiger partial charge in [0.25, 0.3) is 0 Å². The Morgan fingerprint density at radius 2 is 2.35 bits per heavy atom. The second-order valence-corrected chi connectivity index (χ2v) is 5.06. The van der Waals surface area contributed by atoms with E-state index in [1.165, 1.54) is 0 Å². The average molecular weight is 239 g/mol. The van der Waals surface area contributed by atoms with Crippen molar-refractivity contribution in [3.05, 3.63) is 0 Å². The largest absolute Gasteiger partial charge is 0.376 e. The van der Waals surface area contributed by atoms with E-state index in [1.807, 2.05) is 13.8 Å². The molecule has 0 aliphatic carbocycles. The van der Waals surface area contributed by atoms with E-state index >= 15 is 0 Å². The van der Waals surface area contributed by atoms with E-state index in [0.29, 0.717) is 6.10 Å². The van der Waals surface area contributed by atoms with Gasteiger partial charge in [0.05, 0.1) is 18.8 Å². The highest BCUT2D eigenvalue weighted by molar-refractivity contribution is 5.03. The molecule has 0 bridgehead atoms. The van der Waals surface area contributed by atoms with Crippen LogP contribution in [-0.2, 0) is 4.74 Å². The summed E-state index contributed by atoms with van der Waals surface area (Å²) in [6.07, 6.45) is 2.31. The molecule has 98 valence electrons. The average Bonchev–Trinajstić information content (AvgIpc) is 2.29. The molecule has 1 saturated heterocycles. The predicted molar refractivity (Wildman–Crippen MR) is 68.8 cm³/mol. The van der Waals surface area contributed by atoms with Gasteiger partial charge in [0.15, 0.2) is 0 Å². The smallest absolute Gasteiger partial charge is 0.103 e.